The Bertz CT molecular complexity index is 1030. The second kappa shape index (κ2) is 9.91. The Balaban J connectivity index is 1.22. The van der Waals surface area contributed by atoms with Crippen molar-refractivity contribution in [3.63, 3.8) is 0 Å². The first-order chi connectivity index (χ1) is 15.1. The second-order valence-electron chi connectivity index (χ2n) is 6.45. The maximum atomic E-state index is 5.29. The molecular weight excluding hydrogens is 436 g/mol. The normalized spacial score (nSPS) is 10.6. The lowest BCUT2D eigenvalue weighted by atomic mass is 10.4. The molecule has 0 unspecified atom stereocenters. The van der Waals surface area contributed by atoms with Gasteiger partial charge in [0, 0.05) is 0 Å². The van der Waals surface area contributed by atoms with E-state index in [0.29, 0.717) is 30.0 Å². The van der Waals surface area contributed by atoms with Gasteiger partial charge in [0.25, 0.3) is 0 Å². The minimum Gasteiger partial charge on any atom is -0.467 e. The second-order valence-corrected chi connectivity index (χ2v) is 7.27. The fourth-order valence-electron chi connectivity index (χ4n) is 2.67. The van der Waals surface area contributed by atoms with E-state index in [2.05, 4.69) is 31.5 Å². The fourth-order valence-corrected chi connectivity index (χ4v) is 3.05. The fraction of sp³-hybridized carbons (Fsp3) is 0.158. The third-order valence-corrected chi connectivity index (χ3v) is 4.57. The number of nitrogens with zero attached hydrogens (tertiary/aromatic N) is 4. The summed E-state index contributed by atoms with van der Waals surface area (Å²) in [7, 11) is 0. The van der Waals surface area contributed by atoms with Crippen LogP contribution in [0, 0.1) is 0 Å². The van der Waals surface area contributed by atoms with E-state index in [1.165, 1.54) is 0 Å². The predicted molar refractivity (Wildman–Crippen MR) is 123 cm³/mol. The minimum absolute atomic E-state index is 0.433. The Kier molecular flexibility index (Phi) is 6.59. The van der Waals surface area contributed by atoms with Gasteiger partial charge in [-0.3, -0.25) is 0 Å². The Hall–Kier alpha value is -3.64. The maximum absolute atomic E-state index is 5.29. The zero-order valence-corrected chi connectivity index (χ0v) is 17.9. The molecule has 0 saturated carbocycles. The zero-order chi connectivity index (χ0) is 21.5. The summed E-state index contributed by atoms with van der Waals surface area (Å²) in [6.45, 7) is 1.45. The van der Waals surface area contributed by atoms with Crippen molar-refractivity contribution in [3.8, 4) is 0 Å². The van der Waals surface area contributed by atoms with Crippen LogP contribution in [-0.4, -0.2) is 29.8 Å². The third kappa shape index (κ3) is 6.17. The average Bonchev–Trinajstić information content (AvgIpc) is 3.54. The lowest BCUT2D eigenvalue weighted by Crippen LogP contribution is -2.27. The van der Waals surface area contributed by atoms with Gasteiger partial charge in [-0.1, -0.05) is 0 Å². The van der Waals surface area contributed by atoms with Crippen molar-refractivity contribution in [3.05, 3.63) is 73.1 Å². The highest BCUT2D eigenvalue weighted by Crippen LogP contribution is 2.08. The van der Waals surface area contributed by atoms with Gasteiger partial charge in [0.05, 0.1) is 61.8 Å². The van der Waals surface area contributed by atoms with E-state index in [0.717, 1.165) is 22.9 Å². The molecule has 4 rings (SSSR count). The van der Waals surface area contributed by atoms with E-state index < -0.39 is 0 Å². The molecule has 0 aliphatic carbocycles. The molecule has 0 fully saturated rings. The number of nitrogens with one attached hydrogen (secondary N) is 4. The lowest BCUT2D eigenvalue weighted by molar-refractivity contribution is 0.503. The largest absolute Gasteiger partial charge is 0.467 e. The molecule has 4 heterocycles. The molecule has 0 aromatic carbocycles. The molecule has 0 aliphatic heterocycles. The van der Waals surface area contributed by atoms with Crippen molar-refractivity contribution < 1.29 is 8.83 Å². The smallest absolute Gasteiger partial charge is 0.171 e. The summed E-state index contributed by atoms with van der Waals surface area (Å²) in [5, 5.41) is 21.9. The summed E-state index contributed by atoms with van der Waals surface area (Å²) >= 11 is 10.6. The molecular formula is C19H20N8O2S2. The Morgan fingerprint density at radius 2 is 1.29 bits per heavy atom. The van der Waals surface area contributed by atoms with Gasteiger partial charge in [-0.2, -0.15) is 10.2 Å². The highest BCUT2D eigenvalue weighted by molar-refractivity contribution is 7.80. The van der Waals surface area contributed by atoms with Crippen molar-refractivity contribution in [1.29, 1.82) is 0 Å². The van der Waals surface area contributed by atoms with Crippen LogP contribution in [0.1, 0.15) is 11.5 Å². The van der Waals surface area contributed by atoms with Gasteiger partial charge >= 0.3 is 0 Å². The highest BCUT2D eigenvalue weighted by atomic mass is 32.1. The first-order valence-electron chi connectivity index (χ1n) is 9.33. The molecule has 0 atom stereocenters. The lowest BCUT2D eigenvalue weighted by Gasteiger charge is -2.07. The van der Waals surface area contributed by atoms with Gasteiger partial charge in [0.2, 0.25) is 0 Å². The van der Waals surface area contributed by atoms with Crippen molar-refractivity contribution >= 4 is 46.0 Å². The topological polar surface area (TPSA) is 110 Å². The molecule has 10 nitrogen and oxygen atoms in total. The molecule has 160 valence electrons. The first-order valence-corrected chi connectivity index (χ1v) is 10.1. The summed E-state index contributed by atoms with van der Waals surface area (Å²) in [5.41, 5.74) is 1.54. The van der Waals surface area contributed by atoms with Gasteiger partial charge in [-0.15, -0.1) is 0 Å². The number of thiocarbonyl (C=S) groups is 2. The predicted octanol–water partition coefficient (Wildman–Crippen LogP) is 2.74. The number of rotatable bonds is 8. The molecule has 0 bridgehead atoms. The molecule has 31 heavy (non-hydrogen) atoms. The molecule has 0 aliphatic rings. The number of anilines is 2. The monoisotopic (exact) mass is 456 g/mol. The van der Waals surface area contributed by atoms with E-state index in [9.17, 15) is 0 Å². The maximum Gasteiger partial charge on any atom is 0.171 e. The Labute approximate surface area is 188 Å². The van der Waals surface area contributed by atoms with Crippen LogP contribution < -0.4 is 21.3 Å². The van der Waals surface area contributed by atoms with E-state index in [-0.39, 0.29) is 0 Å². The number of hydrogen-bond acceptors (Lipinski definition) is 6. The van der Waals surface area contributed by atoms with Gasteiger partial charge < -0.3 is 30.1 Å². The number of aromatic nitrogens is 4. The molecule has 4 N–H and O–H groups in total. The quantitative estimate of drug-likeness (QED) is 0.295. The Morgan fingerprint density at radius 1 is 0.806 bits per heavy atom. The van der Waals surface area contributed by atoms with Crippen LogP contribution in [0.15, 0.2) is 70.4 Å². The molecule has 4 aromatic rings. The minimum atomic E-state index is 0.433. The van der Waals surface area contributed by atoms with E-state index in [4.69, 9.17) is 33.3 Å². The summed E-state index contributed by atoms with van der Waals surface area (Å²) in [5.74, 6) is 1.61. The summed E-state index contributed by atoms with van der Waals surface area (Å²) in [6, 6.07) is 7.42. The van der Waals surface area contributed by atoms with E-state index >= 15 is 0 Å². The third-order valence-electron chi connectivity index (χ3n) is 4.08. The summed E-state index contributed by atoms with van der Waals surface area (Å²) in [6.07, 6.45) is 10.3. The average molecular weight is 457 g/mol. The van der Waals surface area contributed by atoms with Crippen LogP contribution in [0.4, 0.5) is 11.4 Å². The van der Waals surface area contributed by atoms with Crippen molar-refractivity contribution in [1.82, 2.24) is 30.2 Å². The van der Waals surface area contributed by atoms with Crippen LogP contribution in [0.25, 0.3) is 0 Å². The molecule has 0 spiro atoms. The molecule has 0 radical (unpaired) electrons. The van der Waals surface area contributed by atoms with Crippen molar-refractivity contribution in [2.75, 3.05) is 10.6 Å². The van der Waals surface area contributed by atoms with Crippen LogP contribution in [0.2, 0.25) is 0 Å². The Morgan fingerprint density at radius 3 is 1.71 bits per heavy atom. The molecule has 12 heteroatoms. The SMILES string of the molecule is S=C(NCc1ccco1)Nc1cnn(Cn2cc(NC(=S)NCc3ccco3)cn2)c1. The van der Waals surface area contributed by atoms with Gasteiger partial charge in [-0.05, 0) is 48.7 Å². The van der Waals surface area contributed by atoms with E-state index in [1.54, 1.807) is 34.3 Å². The highest BCUT2D eigenvalue weighted by Gasteiger charge is 2.05. The number of furan rings is 2. The van der Waals surface area contributed by atoms with Crippen molar-refractivity contribution in [2.24, 2.45) is 0 Å². The van der Waals surface area contributed by atoms with Gasteiger partial charge in [0.15, 0.2) is 10.2 Å². The number of hydrogen-bond donors (Lipinski definition) is 4. The zero-order valence-electron chi connectivity index (χ0n) is 16.3. The standard InChI is InChI=1S/C19H20N8O2S2/c30-18(20-9-16-3-1-5-28-16)24-14-7-22-26(11-14)13-27-12-15(8-23-27)25-19(31)21-10-17-4-2-6-29-17/h1-8,11-12H,9-10,13H2,(H2,20,24,30)(H2,21,25,31). The van der Waals surface area contributed by atoms with E-state index in [1.807, 2.05) is 36.7 Å². The molecule has 0 amide bonds. The first kappa shape index (κ1) is 20.6. The van der Waals surface area contributed by atoms with Crippen LogP contribution >= 0.6 is 24.4 Å². The summed E-state index contributed by atoms with van der Waals surface area (Å²) in [4.78, 5) is 0. The van der Waals surface area contributed by atoms with Gasteiger partial charge in [-0.25, -0.2) is 9.36 Å². The van der Waals surface area contributed by atoms with Gasteiger partial charge in [0.1, 0.15) is 18.2 Å². The van der Waals surface area contributed by atoms with Crippen LogP contribution in [0.3, 0.4) is 0 Å². The van der Waals surface area contributed by atoms with Crippen LogP contribution in [0.5, 0.6) is 0 Å². The summed E-state index contributed by atoms with van der Waals surface area (Å²) < 4.78 is 14.0. The van der Waals surface area contributed by atoms with Crippen LogP contribution in [-0.2, 0) is 19.8 Å². The molecule has 4 aromatic heterocycles. The molecule has 0 saturated heterocycles. The van der Waals surface area contributed by atoms with Crippen molar-refractivity contribution in [2.45, 2.75) is 19.8 Å².